The predicted octanol–water partition coefficient (Wildman–Crippen LogP) is 7.51. The van der Waals surface area contributed by atoms with Gasteiger partial charge >= 0.3 is 0 Å². The first-order chi connectivity index (χ1) is 11.9. The lowest BCUT2D eigenvalue weighted by Crippen LogP contribution is -1.99. The van der Waals surface area contributed by atoms with E-state index in [4.69, 9.17) is 0 Å². The van der Waals surface area contributed by atoms with E-state index in [2.05, 4.69) is 78.0 Å². The van der Waals surface area contributed by atoms with Crippen molar-refractivity contribution in [1.29, 1.82) is 0 Å². The molecule has 0 heterocycles. The van der Waals surface area contributed by atoms with Crippen LogP contribution in [0, 0.1) is 0 Å². The molecule has 0 bridgehead atoms. The van der Waals surface area contributed by atoms with E-state index in [1.54, 1.807) is 5.57 Å². The van der Waals surface area contributed by atoms with Gasteiger partial charge in [-0.2, -0.15) is 0 Å². The summed E-state index contributed by atoms with van der Waals surface area (Å²) in [5.74, 6) is 1.11. The highest BCUT2D eigenvalue weighted by Crippen LogP contribution is 2.39. The second kappa shape index (κ2) is 7.20. The molecule has 2 aromatic rings. The van der Waals surface area contributed by atoms with Crippen LogP contribution in [-0.4, -0.2) is 0 Å². The molecule has 0 heteroatoms. The highest BCUT2D eigenvalue weighted by molar-refractivity contribution is 5.83. The molecule has 0 N–H and O–H groups in total. The van der Waals surface area contributed by atoms with Crippen LogP contribution in [-0.2, 0) is 12.8 Å². The average Bonchev–Trinajstić information content (AvgIpc) is 3.03. The lowest BCUT2D eigenvalue weighted by molar-refractivity contribution is 0.834. The number of fused-ring (bicyclic) bond motifs is 1. The zero-order chi connectivity index (χ0) is 18.1. The largest absolute Gasteiger partial charge is 0.0655 e. The minimum absolute atomic E-state index is 0.557. The summed E-state index contributed by atoms with van der Waals surface area (Å²) in [5, 5.41) is 0. The normalized spacial score (nSPS) is 13.5. The molecule has 0 atom stereocenters. The van der Waals surface area contributed by atoms with Gasteiger partial charge in [0.05, 0.1) is 0 Å². The van der Waals surface area contributed by atoms with Crippen LogP contribution < -0.4 is 0 Å². The Labute approximate surface area is 154 Å². The van der Waals surface area contributed by atoms with E-state index in [9.17, 15) is 0 Å². The van der Waals surface area contributed by atoms with E-state index in [0.29, 0.717) is 11.8 Å². The van der Waals surface area contributed by atoms with Gasteiger partial charge in [0.25, 0.3) is 0 Å². The van der Waals surface area contributed by atoms with E-state index >= 15 is 0 Å². The van der Waals surface area contributed by atoms with Gasteiger partial charge in [-0.3, -0.25) is 0 Å². The fourth-order valence-corrected chi connectivity index (χ4v) is 3.88. The van der Waals surface area contributed by atoms with Crippen molar-refractivity contribution in [3.8, 4) is 11.1 Å². The van der Waals surface area contributed by atoms with Gasteiger partial charge in [-0.1, -0.05) is 83.5 Å². The zero-order valence-electron chi connectivity index (χ0n) is 16.7. The van der Waals surface area contributed by atoms with Crippen LogP contribution in [0.15, 0.2) is 35.9 Å². The van der Waals surface area contributed by atoms with Gasteiger partial charge in [0.1, 0.15) is 0 Å². The third-order valence-electron chi connectivity index (χ3n) is 5.62. The molecule has 1 aliphatic carbocycles. The predicted molar refractivity (Wildman–Crippen MR) is 111 cm³/mol. The minimum Gasteiger partial charge on any atom is -0.0655 e. The maximum Gasteiger partial charge on any atom is -0.00577 e. The molecule has 0 spiro atoms. The minimum atomic E-state index is 0.557. The van der Waals surface area contributed by atoms with Crippen LogP contribution in [0.2, 0.25) is 0 Å². The molecule has 2 aromatic carbocycles. The van der Waals surface area contributed by atoms with Crippen LogP contribution >= 0.6 is 0 Å². The molecule has 0 aromatic heterocycles. The number of rotatable bonds is 5. The zero-order valence-corrected chi connectivity index (χ0v) is 16.7. The Morgan fingerprint density at radius 3 is 2.00 bits per heavy atom. The van der Waals surface area contributed by atoms with E-state index in [0.717, 1.165) is 19.3 Å². The second-order valence-corrected chi connectivity index (χ2v) is 8.06. The first-order valence-electron chi connectivity index (χ1n) is 9.94. The summed E-state index contributed by atoms with van der Waals surface area (Å²) in [6.45, 7) is 13.8. The Morgan fingerprint density at radius 1 is 0.840 bits per heavy atom. The monoisotopic (exact) mass is 332 g/mol. The summed E-state index contributed by atoms with van der Waals surface area (Å²) in [6.07, 6.45) is 5.82. The molecule has 0 nitrogen and oxygen atoms in total. The maximum atomic E-state index is 2.46. The Hall–Kier alpha value is -1.82. The lowest BCUT2D eigenvalue weighted by Gasteiger charge is -2.18. The van der Waals surface area contributed by atoms with Gasteiger partial charge in [-0.15, -0.1) is 0 Å². The molecule has 0 saturated carbocycles. The highest BCUT2D eigenvalue weighted by Gasteiger charge is 2.19. The van der Waals surface area contributed by atoms with Gasteiger partial charge in [0.2, 0.25) is 0 Å². The number of allylic oxidation sites excluding steroid dienone is 1. The average molecular weight is 333 g/mol. The SMILES string of the molecule is CCC1=Cc2c(ccc(CC)c2-c2cc(C(C)C)cc(C(C)C)c2)C1. The molecule has 0 radical (unpaired) electrons. The number of hydrogen-bond acceptors (Lipinski definition) is 0. The van der Waals surface area contributed by atoms with Crippen LogP contribution in [0.1, 0.15) is 87.6 Å². The first-order valence-corrected chi connectivity index (χ1v) is 9.94. The molecule has 1 aliphatic rings. The Bertz CT molecular complexity index is 777. The van der Waals surface area contributed by atoms with E-state index in [-0.39, 0.29) is 0 Å². The molecular formula is C25H32. The Kier molecular flexibility index (Phi) is 5.18. The van der Waals surface area contributed by atoms with Gasteiger partial charge in [0.15, 0.2) is 0 Å². The summed E-state index contributed by atoms with van der Waals surface area (Å²) < 4.78 is 0. The smallest absolute Gasteiger partial charge is 0.00577 e. The van der Waals surface area contributed by atoms with Crippen LogP contribution in [0.25, 0.3) is 17.2 Å². The van der Waals surface area contributed by atoms with Crippen molar-refractivity contribution in [2.24, 2.45) is 0 Å². The molecule has 0 saturated heterocycles. The van der Waals surface area contributed by atoms with E-state index in [1.807, 2.05) is 0 Å². The van der Waals surface area contributed by atoms with Crippen molar-refractivity contribution in [2.45, 2.75) is 72.6 Å². The van der Waals surface area contributed by atoms with Gasteiger partial charge in [-0.25, -0.2) is 0 Å². The molecular weight excluding hydrogens is 300 g/mol. The van der Waals surface area contributed by atoms with E-state index in [1.165, 1.54) is 38.9 Å². The number of hydrogen-bond donors (Lipinski definition) is 0. The van der Waals surface area contributed by atoms with Crippen molar-refractivity contribution < 1.29 is 0 Å². The van der Waals surface area contributed by atoms with Crippen molar-refractivity contribution in [2.75, 3.05) is 0 Å². The maximum absolute atomic E-state index is 2.46. The van der Waals surface area contributed by atoms with Crippen LogP contribution in [0.5, 0.6) is 0 Å². The van der Waals surface area contributed by atoms with Crippen molar-refractivity contribution in [3.05, 3.63) is 63.7 Å². The summed E-state index contributed by atoms with van der Waals surface area (Å²) in [7, 11) is 0. The first kappa shape index (κ1) is 18.0. The fourth-order valence-electron chi connectivity index (χ4n) is 3.88. The molecule has 3 rings (SSSR count). The van der Waals surface area contributed by atoms with E-state index < -0.39 is 0 Å². The summed E-state index contributed by atoms with van der Waals surface area (Å²) in [6, 6.07) is 12.0. The Morgan fingerprint density at radius 2 is 1.48 bits per heavy atom. The third-order valence-corrected chi connectivity index (χ3v) is 5.62. The van der Waals surface area contributed by atoms with Gasteiger partial charge < -0.3 is 0 Å². The van der Waals surface area contributed by atoms with Crippen molar-refractivity contribution in [3.63, 3.8) is 0 Å². The third kappa shape index (κ3) is 3.45. The summed E-state index contributed by atoms with van der Waals surface area (Å²) >= 11 is 0. The summed E-state index contributed by atoms with van der Waals surface area (Å²) in [5.41, 5.74) is 11.8. The van der Waals surface area contributed by atoms with Crippen LogP contribution in [0.4, 0.5) is 0 Å². The van der Waals surface area contributed by atoms with Crippen molar-refractivity contribution >= 4 is 6.08 Å². The molecule has 25 heavy (non-hydrogen) atoms. The topological polar surface area (TPSA) is 0 Å². The summed E-state index contributed by atoms with van der Waals surface area (Å²) in [4.78, 5) is 0. The van der Waals surface area contributed by atoms with Gasteiger partial charge in [0, 0.05) is 0 Å². The quantitative estimate of drug-likeness (QED) is 0.531. The number of benzene rings is 2. The molecule has 0 unspecified atom stereocenters. The lowest BCUT2D eigenvalue weighted by atomic mass is 9.86. The standard InChI is InChI=1S/C25H32/c1-7-18-11-20-10-9-19(8-2)25(24(20)12-18)23-14-21(16(3)4)13-22(15-23)17(5)6/h9-10,12-17H,7-8,11H2,1-6H3. The van der Waals surface area contributed by atoms with Crippen molar-refractivity contribution in [1.82, 2.24) is 0 Å². The number of aryl methyl sites for hydroxylation is 1. The van der Waals surface area contributed by atoms with Crippen LogP contribution in [0.3, 0.4) is 0 Å². The molecule has 0 fully saturated rings. The molecule has 0 amide bonds. The molecule has 0 aliphatic heterocycles. The Balaban J connectivity index is 2.26. The van der Waals surface area contributed by atoms with Gasteiger partial charge in [-0.05, 0) is 70.0 Å². The molecule has 132 valence electrons. The highest BCUT2D eigenvalue weighted by atomic mass is 14.2. The fraction of sp³-hybridized carbons (Fsp3) is 0.440. The second-order valence-electron chi connectivity index (χ2n) is 8.06.